The van der Waals surface area contributed by atoms with Crippen molar-refractivity contribution >= 4 is 21.5 Å². The molecule has 22 heavy (non-hydrogen) atoms. The normalized spacial score (nSPS) is 19.9. The average molecular weight is 338 g/mol. The van der Waals surface area contributed by atoms with Gasteiger partial charge in [-0.25, -0.2) is 4.98 Å². The third-order valence-electron chi connectivity index (χ3n) is 3.77. The van der Waals surface area contributed by atoms with Gasteiger partial charge in [-0.3, -0.25) is 4.98 Å². The van der Waals surface area contributed by atoms with Crippen molar-refractivity contribution in [2.75, 3.05) is 20.6 Å². The third-order valence-corrected chi connectivity index (χ3v) is 6.54. The Kier molecular flexibility index (Phi) is 4.26. The van der Waals surface area contributed by atoms with Crippen LogP contribution in [0, 0.1) is 0 Å². The first kappa shape index (κ1) is 15.5. The summed E-state index contributed by atoms with van der Waals surface area (Å²) < 4.78 is 27.6. The summed E-state index contributed by atoms with van der Waals surface area (Å²) in [6.45, 7) is 0.543. The lowest BCUT2D eigenvalue weighted by Gasteiger charge is -2.26. The van der Waals surface area contributed by atoms with E-state index in [1.165, 1.54) is 4.31 Å². The third kappa shape index (κ3) is 2.79. The molecule has 0 amide bonds. The van der Waals surface area contributed by atoms with Crippen molar-refractivity contribution in [3.05, 3.63) is 35.6 Å². The fraction of sp³-hybridized carbons (Fsp3) is 0.429. The van der Waals surface area contributed by atoms with Crippen LogP contribution >= 0.6 is 11.3 Å². The zero-order valence-electron chi connectivity index (χ0n) is 12.5. The number of hydrogen-bond donors (Lipinski definition) is 0. The lowest BCUT2D eigenvalue weighted by molar-refractivity contribution is 0.358. The van der Waals surface area contributed by atoms with Crippen molar-refractivity contribution in [3.8, 4) is 10.6 Å². The number of rotatable bonds is 4. The Morgan fingerprint density at radius 2 is 2.14 bits per heavy atom. The van der Waals surface area contributed by atoms with Gasteiger partial charge in [0.1, 0.15) is 5.01 Å². The van der Waals surface area contributed by atoms with Crippen LogP contribution in [0.15, 0.2) is 29.9 Å². The number of hydrogen-bond acceptors (Lipinski definition) is 5. The van der Waals surface area contributed by atoms with E-state index in [1.807, 2.05) is 17.5 Å². The average Bonchev–Trinajstić information content (AvgIpc) is 3.19. The van der Waals surface area contributed by atoms with Gasteiger partial charge in [0.25, 0.3) is 10.2 Å². The maximum absolute atomic E-state index is 12.4. The zero-order chi connectivity index (χ0) is 15.7. The molecule has 0 aromatic carbocycles. The minimum absolute atomic E-state index is 0.183. The molecule has 0 aliphatic carbocycles. The summed E-state index contributed by atoms with van der Waals surface area (Å²) in [6.07, 6.45) is 5.19. The molecule has 0 radical (unpaired) electrons. The Labute approximate surface area is 134 Å². The van der Waals surface area contributed by atoms with Gasteiger partial charge in [-0.2, -0.15) is 17.0 Å². The quantitative estimate of drug-likeness (QED) is 0.857. The number of nitrogens with zero attached hydrogens (tertiary/aromatic N) is 4. The molecule has 3 heterocycles. The predicted octanol–water partition coefficient (Wildman–Crippen LogP) is 2.15. The lowest BCUT2D eigenvalue weighted by atomic mass is 10.1. The first-order valence-corrected chi connectivity index (χ1v) is 9.33. The van der Waals surface area contributed by atoms with E-state index in [0.717, 1.165) is 29.1 Å². The van der Waals surface area contributed by atoms with Crippen LogP contribution < -0.4 is 0 Å². The van der Waals surface area contributed by atoms with E-state index >= 15 is 0 Å². The van der Waals surface area contributed by atoms with Gasteiger partial charge in [-0.05, 0) is 25.0 Å². The van der Waals surface area contributed by atoms with Gasteiger partial charge < -0.3 is 0 Å². The van der Waals surface area contributed by atoms with Crippen molar-refractivity contribution in [2.24, 2.45) is 0 Å². The first-order chi connectivity index (χ1) is 10.5. The first-order valence-electron chi connectivity index (χ1n) is 7.05. The Morgan fingerprint density at radius 1 is 1.32 bits per heavy atom. The molecular formula is C14H18N4O2S2. The van der Waals surface area contributed by atoms with Crippen LogP contribution in [-0.2, 0) is 10.2 Å². The molecule has 1 fully saturated rings. The van der Waals surface area contributed by atoms with Crippen molar-refractivity contribution in [3.63, 3.8) is 0 Å². The summed E-state index contributed by atoms with van der Waals surface area (Å²) in [6, 6.07) is 3.68. The number of aromatic nitrogens is 2. The van der Waals surface area contributed by atoms with E-state index in [4.69, 9.17) is 0 Å². The Balaban J connectivity index is 1.87. The summed E-state index contributed by atoms with van der Waals surface area (Å²) in [5.41, 5.74) is 1.75. The van der Waals surface area contributed by atoms with Crippen molar-refractivity contribution in [1.82, 2.24) is 18.6 Å². The topological polar surface area (TPSA) is 66.4 Å². The van der Waals surface area contributed by atoms with Gasteiger partial charge in [0.05, 0.1) is 11.7 Å². The fourth-order valence-electron chi connectivity index (χ4n) is 2.62. The molecule has 8 heteroatoms. The van der Waals surface area contributed by atoms with Crippen LogP contribution in [0.3, 0.4) is 0 Å². The molecule has 0 N–H and O–H groups in total. The van der Waals surface area contributed by atoms with E-state index in [2.05, 4.69) is 9.97 Å². The van der Waals surface area contributed by atoms with E-state index in [0.29, 0.717) is 6.54 Å². The molecule has 1 saturated heterocycles. The van der Waals surface area contributed by atoms with Crippen molar-refractivity contribution < 1.29 is 8.42 Å². The standard InChI is InChI=1S/C14H18N4O2S2/c1-17(2)22(19,20)18-8-3-4-13(18)12-6-5-11(10-16-12)14-15-7-9-21-14/h5-7,9-10,13H,3-4,8H2,1-2H3/t13-/m1/s1. The van der Waals surface area contributed by atoms with Crippen LogP contribution in [0.4, 0.5) is 0 Å². The Morgan fingerprint density at radius 3 is 2.73 bits per heavy atom. The van der Waals surface area contributed by atoms with Crippen molar-refractivity contribution in [1.29, 1.82) is 0 Å². The van der Waals surface area contributed by atoms with Crippen LogP contribution in [0.25, 0.3) is 10.6 Å². The molecule has 0 saturated carbocycles. The van der Waals surface area contributed by atoms with Gasteiger partial charge in [0, 0.05) is 44.0 Å². The van der Waals surface area contributed by atoms with Crippen LogP contribution in [-0.4, -0.2) is 47.6 Å². The Bertz CT molecular complexity index is 727. The van der Waals surface area contributed by atoms with Crippen molar-refractivity contribution in [2.45, 2.75) is 18.9 Å². The summed E-state index contributed by atoms with van der Waals surface area (Å²) in [4.78, 5) is 8.74. The minimum atomic E-state index is -3.41. The molecule has 2 aromatic heterocycles. The molecule has 118 valence electrons. The highest BCUT2D eigenvalue weighted by atomic mass is 32.2. The predicted molar refractivity (Wildman–Crippen MR) is 86.6 cm³/mol. The molecular weight excluding hydrogens is 320 g/mol. The largest absolute Gasteiger partial charge is 0.282 e. The van der Waals surface area contributed by atoms with Gasteiger partial charge in [-0.1, -0.05) is 0 Å². The van der Waals surface area contributed by atoms with Crippen LogP contribution in [0.1, 0.15) is 24.6 Å². The molecule has 0 spiro atoms. The monoisotopic (exact) mass is 338 g/mol. The van der Waals surface area contributed by atoms with Gasteiger partial charge >= 0.3 is 0 Å². The fourth-order valence-corrected chi connectivity index (χ4v) is 4.56. The van der Waals surface area contributed by atoms with Crippen LogP contribution in [0.5, 0.6) is 0 Å². The molecule has 1 aliphatic heterocycles. The highest BCUT2D eigenvalue weighted by Crippen LogP contribution is 2.34. The molecule has 1 atom stereocenters. The zero-order valence-corrected chi connectivity index (χ0v) is 14.1. The highest BCUT2D eigenvalue weighted by molar-refractivity contribution is 7.86. The second-order valence-corrected chi connectivity index (χ2v) is 8.36. The summed E-state index contributed by atoms with van der Waals surface area (Å²) in [5, 5.41) is 2.84. The molecule has 6 nitrogen and oxygen atoms in total. The van der Waals surface area contributed by atoms with E-state index in [-0.39, 0.29) is 6.04 Å². The molecule has 1 aliphatic rings. The summed E-state index contributed by atoms with van der Waals surface area (Å²) in [5.74, 6) is 0. The SMILES string of the molecule is CN(C)S(=O)(=O)N1CCC[C@@H]1c1ccc(-c2nccs2)cn1. The number of pyridine rings is 1. The molecule has 2 aromatic rings. The molecule has 3 rings (SSSR count). The highest BCUT2D eigenvalue weighted by Gasteiger charge is 2.37. The Hall–Kier alpha value is -1.35. The summed E-state index contributed by atoms with van der Waals surface area (Å²) in [7, 11) is -0.292. The maximum atomic E-state index is 12.4. The maximum Gasteiger partial charge on any atom is 0.282 e. The lowest BCUT2D eigenvalue weighted by Crippen LogP contribution is -2.39. The molecule has 0 unspecified atom stereocenters. The van der Waals surface area contributed by atoms with E-state index in [9.17, 15) is 8.42 Å². The minimum Gasteiger partial charge on any atom is -0.259 e. The number of thiazole rings is 1. The van der Waals surface area contributed by atoms with Crippen LogP contribution in [0.2, 0.25) is 0 Å². The second-order valence-electron chi connectivity index (χ2n) is 5.37. The van der Waals surface area contributed by atoms with E-state index < -0.39 is 10.2 Å². The second kappa shape index (κ2) is 6.04. The molecule has 0 bridgehead atoms. The van der Waals surface area contributed by atoms with E-state index in [1.54, 1.807) is 42.1 Å². The van der Waals surface area contributed by atoms with Gasteiger partial charge in [0.15, 0.2) is 0 Å². The smallest absolute Gasteiger partial charge is 0.259 e. The summed E-state index contributed by atoms with van der Waals surface area (Å²) >= 11 is 1.56. The van der Waals surface area contributed by atoms with Gasteiger partial charge in [-0.15, -0.1) is 11.3 Å². The van der Waals surface area contributed by atoms with Gasteiger partial charge in [0.2, 0.25) is 0 Å².